The molecule has 0 saturated carbocycles. The largest absolute Gasteiger partial charge is 0.352 e. The lowest BCUT2D eigenvalue weighted by molar-refractivity contribution is -0.134. The first kappa shape index (κ1) is 25.2. The second-order valence-electron chi connectivity index (χ2n) is 8.77. The van der Waals surface area contributed by atoms with Crippen molar-refractivity contribution >= 4 is 16.9 Å². The minimum atomic E-state index is -0.611. The van der Waals surface area contributed by atoms with Gasteiger partial charge in [-0.1, -0.05) is 30.3 Å². The molecular weight excluding hydrogens is 460 g/mol. The van der Waals surface area contributed by atoms with Crippen LogP contribution >= 0.6 is 0 Å². The Morgan fingerprint density at radius 2 is 1.78 bits per heavy atom. The van der Waals surface area contributed by atoms with Crippen LogP contribution in [0.5, 0.6) is 0 Å². The van der Waals surface area contributed by atoms with Crippen molar-refractivity contribution in [2.75, 3.05) is 13.1 Å². The minimum Gasteiger partial charge on any atom is -0.321 e. The van der Waals surface area contributed by atoms with Gasteiger partial charge in [-0.05, 0) is 55.6 Å². The third-order valence-electron chi connectivity index (χ3n) is 6.11. The lowest BCUT2D eigenvalue weighted by atomic mass is 10.1. The van der Waals surface area contributed by atoms with E-state index in [-0.39, 0.29) is 17.4 Å². The molecule has 36 heavy (non-hydrogen) atoms. The van der Waals surface area contributed by atoms with Gasteiger partial charge in [-0.2, -0.15) is 4.98 Å². The summed E-state index contributed by atoms with van der Waals surface area (Å²) in [5.74, 6) is 0.0951. The first-order valence-electron chi connectivity index (χ1n) is 11.9. The Labute approximate surface area is 208 Å². The van der Waals surface area contributed by atoms with Crippen LogP contribution in [0, 0.1) is 13.8 Å². The number of aromatic nitrogens is 4. The zero-order valence-electron chi connectivity index (χ0n) is 20.7. The fourth-order valence-corrected chi connectivity index (χ4v) is 3.91. The Hall–Kier alpha value is -3.89. The highest BCUT2D eigenvalue weighted by molar-refractivity contribution is 5.81. The molecule has 2 aromatic carbocycles. The van der Waals surface area contributed by atoms with Gasteiger partial charge in [0.1, 0.15) is 0 Å². The summed E-state index contributed by atoms with van der Waals surface area (Å²) in [7, 11) is 1.40. The summed E-state index contributed by atoms with van der Waals surface area (Å²) in [6, 6.07) is 13.6. The number of benzene rings is 2. The van der Waals surface area contributed by atoms with Crippen LogP contribution in [0.1, 0.15) is 29.5 Å². The predicted octanol–water partition coefficient (Wildman–Crippen LogP) is 1.83. The molecule has 0 radical (unpaired) electrons. The monoisotopic (exact) mass is 490 g/mol. The maximum atomic E-state index is 12.7. The number of nitrogens with zero attached hydrogens (tertiary/aromatic N) is 4. The van der Waals surface area contributed by atoms with E-state index in [0.717, 1.165) is 26.8 Å². The van der Waals surface area contributed by atoms with Gasteiger partial charge in [0.25, 0.3) is 5.56 Å². The molecule has 4 rings (SSSR count). The van der Waals surface area contributed by atoms with Crippen molar-refractivity contribution in [1.29, 1.82) is 0 Å². The molecule has 0 spiro atoms. The van der Waals surface area contributed by atoms with Gasteiger partial charge in [-0.25, -0.2) is 15.3 Å². The zero-order valence-corrected chi connectivity index (χ0v) is 20.7. The van der Waals surface area contributed by atoms with Gasteiger partial charge >= 0.3 is 5.69 Å². The minimum absolute atomic E-state index is 0.167. The summed E-state index contributed by atoms with van der Waals surface area (Å²) in [5, 5.41) is 3.32. The number of carbonyl (C=O) groups excluding carboxylic acids is 1. The predicted molar refractivity (Wildman–Crippen MR) is 137 cm³/mol. The van der Waals surface area contributed by atoms with Crippen LogP contribution in [0.3, 0.4) is 0 Å². The molecule has 0 unspecified atom stereocenters. The lowest BCUT2D eigenvalue weighted by Crippen LogP contribution is -2.37. The fourth-order valence-electron chi connectivity index (χ4n) is 3.91. The number of hydrogen-bond donors (Lipinski definition) is 2. The molecule has 2 aliphatic rings. The molecule has 0 bridgehead atoms. The first-order chi connectivity index (χ1) is 17.3. The number of amides is 1. The quantitative estimate of drug-likeness (QED) is 0.198. The van der Waals surface area contributed by atoms with E-state index in [4.69, 9.17) is 4.84 Å². The van der Waals surface area contributed by atoms with Gasteiger partial charge in [0.05, 0.1) is 17.6 Å². The van der Waals surface area contributed by atoms with Crippen LogP contribution in [0.4, 0.5) is 0 Å². The number of fused-ring (bicyclic) bond motifs is 2. The first-order valence-corrected chi connectivity index (χ1v) is 11.9. The summed E-state index contributed by atoms with van der Waals surface area (Å²) < 4.78 is 2.84. The summed E-state index contributed by atoms with van der Waals surface area (Å²) in [6.45, 7) is 5.97. The highest BCUT2D eigenvalue weighted by Crippen LogP contribution is 2.23. The van der Waals surface area contributed by atoms with E-state index in [9.17, 15) is 14.4 Å². The van der Waals surface area contributed by atoms with Gasteiger partial charge < -0.3 is 9.88 Å². The molecule has 0 saturated heterocycles. The second kappa shape index (κ2) is 11.2. The zero-order chi connectivity index (χ0) is 25.7. The molecule has 0 fully saturated rings. The second-order valence-corrected chi connectivity index (χ2v) is 8.77. The van der Waals surface area contributed by atoms with Gasteiger partial charge in [0.15, 0.2) is 11.5 Å². The van der Waals surface area contributed by atoms with Crippen molar-refractivity contribution in [3.05, 3.63) is 80.0 Å². The molecule has 10 nitrogen and oxygen atoms in total. The molecule has 2 heterocycles. The van der Waals surface area contributed by atoms with Crippen molar-refractivity contribution in [3.8, 4) is 11.5 Å². The number of carbonyl (C=O) groups is 1. The lowest BCUT2D eigenvalue weighted by Gasteiger charge is -2.18. The number of nitrogens with one attached hydrogen (secondary N) is 2. The summed E-state index contributed by atoms with van der Waals surface area (Å²) in [6.07, 6.45) is 0.955. The van der Waals surface area contributed by atoms with E-state index in [0.29, 0.717) is 44.6 Å². The van der Waals surface area contributed by atoms with Crippen molar-refractivity contribution in [3.63, 3.8) is 0 Å². The Morgan fingerprint density at radius 3 is 2.56 bits per heavy atom. The third kappa shape index (κ3) is 5.67. The van der Waals surface area contributed by atoms with E-state index in [1.165, 1.54) is 7.05 Å². The number of rotatable bonds is 10. The van der Waals surface area contributed by atoms with E-state index in [1.54, 1.807) is 0 Å². The average Bonchev–Trinajstić information content (AvgIpc) is 2.86. The van der Waals surface area contributed by atoms with E-state index < -0.39 is 11.2 Å². The van der Waals surface area contributed by atoms with Crippen LogP contribution in [0.15, 0.2) is 52.1 Å². The number of aryl methyl sites for hydroxylation is 2. The van der Waals surface area contributed by atoms with Crippen LogP contribution in [0.2, 0.25) is 0 Å². The van der Waals surface area contributed by atoms with E-state index in [2.05, 4.69) is 20.8 Å². The van der Waals surface area contributed by atoms with Gasteiger partial charge in [0, 0.05) is 26.6 Å². The van der Waals surface area contributed by atoms with Crippen molar-refractivity contribution < 1.29 is 9.63 Å². The van der Waals surface area contributed by atoms with E-state index >= 15 is 0 Å². The molecule has 188 valence electrons. The van der Waals surface area contributed by atoms with Gasteiger partial charge in [-0.15, -0.1) is 0 Å². The van der Waals surface area contributed by atoms with Gasteiger partial charge in [-0.3, -0.25) is 19.0 Å². The number of hydroxylamine groups is 1. The van der Waals surface area contributed by atoms with Crippen LogP contribution in [-0.4, -0.2) is 38.1 Å². The standard InChI is InChI=1S/C26H30N6O4/c1-17-14-20-21(15-18(17)2)32(24-23(28-20)25(34)31(3)26(35)29-24)13-12-27-11-7-10-22(33)30-36-16-19-8-5-4-6-9-19/h4-6,8-9,14-15,27H,7,10-13,16H2,1-3H3,(H,30,33). The van der Waals surface area contributed by atoms with Crippen molar-refractivity contribution in [2.45, 2.75) is 39.8 Å². The molecule has 0 aliphatic carbocycles. The Kier molecular flexibility index (Phi) is 7.87. The normalized spacial score (nSPS) is 11.3. The Balaban J connectivity index is 1.36. The van der Waals surface area contributed by atoms with Gasteiger partial charge in [0.2, 0.25) is 5.91 Å². The topological polar surface area (TPSA) is 120 Å². The van der Waals surface area contributed by atoms with Crippen LogP contribution in [0.25, 0.3) is 22.6 Å². The van der Waals surface area contributed by atoms with Crippen molar-refractivity contribution in [1.82, 2.24) is 29.9 Å². The van der Waals surface area contributed by atoms with Crippen molar-refractivity contribution in [2.24, 2.45) is 7.05 Å². The smallest absolute Gasteiger partial charge is 0.321 e. The summed E-state index contributed by atoms with van der Waals surface area (Å²) >= 11 is 0. The molecule has 1 amide bonds. The summed E-state index contributed by atoms with van der Waals surface area (Å²) in [5.41, 5.74) is 6.17. The maximum Gasteiger partial charge on any atom is 0.352 e. The Morgan fingerprint density at radius 1 is 1.03 bits per heavy atom. The van der Waals surface area contributed by atoms with Crippen LogP contribution in [-0.2, 0) is 29.8 Å². The van der Waals surface area contributed by atoms with E-state index in [1.807, 2.05) is 60.9 Å². The average molecular weight is 491 g/mol. The summed E-state index contributed by atoms with van der Waals surface area (Å²) in [4.78, 5) is 50.9. The highest BCUT2D eigenvalue weighted by atomic mass is 16.6. The van der Waals surface area contributed by atoms with Crippen LogP contribution < -0.4 is 22.0 Å². The fraction of sp³-hybridized carbons (Fsp3) is 0.346. The molecular formula is C26H30N6O4. The molecule has 2 N–H and O–H groups in total. The molecule has 2 aliphatic heterocycles. The molecule has 0 aromatic heterocycles. The molecule has 10 heteroatoms. The SMILES string of the molecule is Cc1cc2nc3c(=O)n(C)c(=O)nc-3n(CCNCCCC(=O)NOCc3ccccc3)c2cc1C. The number of hydrogen-bond acceptors (Lipinski definition) is 7. The molecule has 2 aromatic rings. The highest BCUT2D eigenvalue weighted by Gasteiger charge is 2.20. The maximum absolute atomic E-state index is 12.7. The Bertz CT molecular complexity index is 1460. The molecule has 0 atom stereocenters. The third-order valence-corrected chi connectivity index (χ3v) is 6.11.